The fraction of sp³-hybridized carbons (Fsp3) is 0.694. The summed E-state index contributed by atoms with van der Waals surface area (Å²) in [5, 5.41) is 10.8. The number of fused-ring (bicyclic) bond motifs is 5. The van der Waals surface area contributed by atoms with Gasteiger partial charge in [-0.25, -0.2) is 4.79 Å². The number of hydrogen-bond acceptors (Lipinski definition) is 3. The van der Waals surface area contributed by atoms with E-state index in [-0.39, 0.29) is 17.5 Å². The smallest absolute Gasteiger partial charge is 0.331 e. The zero-order valence-electron chi connectivity index (χ0n) is 25.1. The molecule has 9 atom stereocenters. The quantitative estimate of drug-likeness (QED) is 0.207. The van der Waals surface area contributed by atoms with E-state index in [1.165, 1.54) is 50.5 Å². The average Bonchev–Trinajstić information content (AvgIpc) is 3.26. The second-order valence-corrected chi connectivity index (χ2v) is 14.4. The number of rotatable bonds is 8. The van der Waals surface area contributed by atoms with Crippen molar-refractivity contribution < 1.29 is 14.6 Å². The van der Waals surface area contributed by atoms with Gasteiger partial charge in [-0.15, -0.1) is 0 Å². The van der Waals surface area contributed by atoms with Crippen molar-refractivity contribution in [2.75, 3.05) is 0 Å². The summed E-state index contributed by atoms with van der Waals surface area (Å²) in [6.45, 7) is 12.2. The third-order valence-electron chi connectivity index (χ3n) is 11.8. The normalized spacial score (nSPS) is 38.6. The van der Waals surface area contributed by atoms with Crippen molar-refractivity contribution in [3.63, 3.8) is 0 Å². The lowest BCUT2D eigenvalue weighted by molar-refractivity contribution is -0.163. The van der Waals surface area contributed by atoms with E-state index in [1.807, 2.05) is 36.4 Å². The second-order valence-electron chi connectivity index (χ2n) is 14.4. The molecule has 3 heteroatoms. The standard InChI is InChI=1S/C36H52O3/c1-24(2)10-9-11-25(3)30-17-18-31-29-16-15-27-22-28(37)23-33(36(27,5)32(29)20-21-35(30,31)4)39-34(38)19-14-26-12-7-6-8-13-26/h6-8,12-15,19,24-25,28-33,37H,9-11,16-18,20-23H2,1-5H3/b19-14+/t25-,28+,29+,30-,31+,32+,33?,35-,36+/m1/s1. The van der Waals surface area contributed by atoms with Crippen LogP contribution in [0.5, 0.6) is 0 Å². The summed E-state index contributed by atoms with van der Waals surface area (Å²) in [6, 6.07) is 9.89. The molecule has 0 bridgehead atoms. The van der Waals surface area contributed by atoms with Crippen molar-refractivity contribution in [1.82, 2.24) is 0 Å². The molecule has 1 aromatic rings. The maximum Gasteiger partial charge on any atom is 0.331 e. The Hall–Kier alpha value is -1.87. The first-order valence-electron chi connectivity index (χ1n) is 15.9. The molecule has 1 unspecified atom stereocenters. The van der Waals surface area contributed by atoms with Gasteiger partial charge in [0, 0.05) is 17.9 Å². The maximum atomic E-state index is 13.0. The highest BCUT2D eigenvalue weighted by atomic mass is 16.5. The van der Waals surface area contributed by atoms with Crippen LogP contribution in [0.1, 0.15) is 104 Å². The minimum absolute atomic E-state index is 0.180. The molecule has 0 saturated heterocycles. The number of benzene rings is 1. The van der Waals surface area contributed by atoms with Crippen molar-refractivity contribution in [1.29, 1.82) is 0 Å². The average molecular weight is 533 g/mol. The molecule has 0 radical (unpaired) electrons. The van der Waals surface area contributed by atoms with E-state index < -0.39 is 6.10 Å². The Morgan fingerprint density at radius 3 is 2.59 bits per heavy atom. The molecule has 0 spiro atoms. The van der Waals surface area contributed by atoms with Crippen molar-refractivity contribution in [3.05, 3.63) is 53.6 Å². The van der Waals surface area contributed by atoms with Gasteiger partial charge in [0.05, 0.1) is 6.10 Å². The van der Waals surface area contributed by atoms with Gasteiger partial charge in [-0.1, -0.05) is 95.9 Å². The van der Waals surface area contributed by atoms with Crippen molar-refractivity contribution in [2.24, 2.45) is 46.3 Å². The van der Waals surface area contributed by atoms with Crippen LogP contribution < -0.4 is 0 Å². The molecule has 5 rings (SSSR count). The summed E-state index contributed by atoms with van der Waals surface area (Å²) in [5.41, 5.74) is 2.58. The summed E-state index contributed by atoms with van der Waals surface area (Å²) in [6.07, 6.45) is 16.8. The zero-order chi connectivity index (χ0) is 27.8. The van der Waals surface area contributed by atoms with Gasteiger partial charge >= 0.3 is 5.97 Å². The molecule has 4 aliphatic carbocycles. The van der Waals surface area contributed by atoms with E-state index in [0.717, 1.165) is 42.1 Å². The van der Waals surface area contributed by atoms with Crippen LogP contribution in [0.2, 0.25) is 0 Å². The highest BCUT2D eigenvalue weighted by molar-refractivity contribution is 5.87. The SMILES string of the molecule is CC(C)CCC[C@@H](C)[C@H]1CC[C@H]2[C@@H]3CC=C4C[C@H](O)CC(OC(=O)/C=C/c5ccccc5)[C@]4(C)[C@H]3CC[C@]12C. The summed E-state index contributed by atoms with van der Waals surface area (Å²) in [7, 11) is 0. The number of allylic oxidation sites excluding steroid dienone is 1. The Labute approximate surface area is 237 Å². The van der Waals surface area contributed by atoms with Gasteiger partial charge in [0.15, 0.2) is 0 Å². The van der Waals surface area contributed by atoms with Crippen molar-refractivity contribution in [2.45, 2.75) is 111 Å². The first-order chi connectivity index (χ1) is 18.6. The molecule has 3 nitrogen and oxygen atoms in total. The Bertz CT molecular complexity index is 1060. The summed E-state index contributed by atoms with van der Waals surface area (Å²) >= 11 is 0. The fourth-order valence-corrected chi connectivity index (χ4v) is 9.78. The van der Waals surface area contributed by atoms with Crippen LogP contribution in [0.3, 0.4) is 0 Å². The highest BCUT2D eigenvalue weighted by Crippen LogP contribution is 2.67. The molecule has 0 aliphatic heterocycles. The molecule has 0 amide bonds. The Balaban J connectivity index is 1.33. The van der Waals surface area contributed by atoms with Crippen molar-refractivity contribution >= 4 is 12.0 Å². The summed E-state index contributed by atoms with van der Waals surface area (Å²) in [4.78, 5) is 13.0. The van der Waals surface area contributed by atoms with Gasteiger partial charge in [0.25, 0.3) is 0 Å². The van der Waals surface area contributed by atoms with Crippen LogP contribution in [0, 0.1) is 46.3 Å². The van der Waals surface area contributed by atoms with Crippen LogP contribution >= 0.6 is 0 Å². The number of carbonyl (C=O) groups is 1. The van der Waals surface area contributed by atoms with Gasteiger partial charge in [-0.3, -0.25) is 0 Å². The molecule has 1 N–H and O–H groups in total. The second kappa shape index (κ2) is 11.6. The predicted molar refractivity (Wildman–Crippen MR) is 160 cm³/mol. The molecule has 0 heterocycles. The van der Waals surface area contributed by atoms with Gasteiger partial charge in [0.1, 0.15) is 6.10 Å². The molecule has 3 saturated carbocycles. The largest absolute Gasteiger partial charge is 0.458 e. The van der Waals surface area contributed by atoms with Crippen LogP contribution in [0.4, 0.5) is 0 Å². The molecule has 4 aliphatic rings. The molecule has 0 aromatic heterocycles. The lowest BCUT2D eigenvalue weighted by Crippen LogP contribution is -2.56. The van der Waals surface area contributed by atoms with Gasteiger partial charge < -0.3 is 9.84 Å². The van der Waals surface area contributed by atoms with E-state index in [4.69, 9.17) is 4.74 Å². The topological polar surface area (TPSA) is 46.5 Å². The van der Waals surface area contributed by atoms with Crippen LogP contribution in [0.15, 0.2) is 48.1 Å². The Morgan fingerprint density at radius 1 is 1.08 bits per heavy atom. The third-order valence-corrected chi connectivity index (χ3v) is 11.8. The van der Waals surface area contributed by atoms with E-state index in [0.29, 0.717) is 23.7 Å². The van der Waals surface area contributed by atoms with E-state index >= 15 is 0 Å². The molecule has 39 heavy (non-hydrogen) atoms. The lowest BCUT2D eigenvalue weighted by Gasteiger charge is -2.60. The highest BCUT2D eigenvalue weighted by Gasteiger charge is 2.61. The number of ether oxygens (including phenoxy) is 1. The van der Waals surface area contributed by atoms with Gasteiger partial charge in [0.2, 0.25) is 0 Å². The minimum atomic E-state index is -0.437. The maximum absolute atomic E-state index is 13.0. The molecule has 3 fully saturated rings. The Kier molecular flexibility index (Phi) is 8.49. The molecule has 214 valence electrons. The first kappa shape index (κ1) is 28.7. The molecular weight excluding hydrogens is 480 g/mol. The number of hydrogen-bond donors (Lipinski definition) is 1. The third kappa shape index (κ3) is 5.54. The number of aliphatic hydroxyl groups excluding tert-OH is 1. The van der Waals surface area contributed by atoms with Gasteiger partial charge in [-0.2, -0.15) is 0 Å². The summed E-state index contributed by atoms with van der Waals surface area (Å²) < 4.78 is 6.24. The lowest BCUT2D eigenvalue weighted by atomic mass is 9.46. The minimum Gasteiger partial charge on any atom is -0.458 e. The monoisotopic (exact) mass is 532 g/mol. The molecular formula is C36H52O3. The number of aliphatic hydroxyl groups is 1. The van der Waals surface area contributed by atoms with E-state index in [1.54, 1.807) is 6.08 Å². The van der Waals surface area contributed by atoms with Crippen LogP contribution in [-0.4, -0.2) is 23.3 Å². The van der Waals surface area contributed by atoms with E-state index in [2.05, 4.69) is 40.7 Å². The zero-order valence-corrected chi connectivity index (χ0v) is 25.1. The van der Waals surface area contributed by atoms with Crippen LogP contribution in [0.25, 0.3) is 6.08 Å². The Morgan fingerprint density at radius 2 is 1.85 bits per heavy atom. The molecule has 1 aromatic carbocycles. The first-order valence-corrected chi connectivity index (χ1v) is 15.9. The van der Waals surface area contributed by atoms with Crippen molar-refractivity contribution in [3.8, 4) is 0 Å². The van der Waals surface area contributed by atoms with Gasteiger partial charge in [-0.05, 0) is 91.1 Å². The van der Waals surface area contributed by atoms with E-state index in [9.17, 15) is 9.90 Å². The number of esters is 1. The number of carbonyl (C=O) groups excluding carboxylic acids is 1. The fourth-order valence-electron chi connectivity index (χ4n) is 9.78. The summed E-state index contributed by atoms with van der Waals surface area (Å²) in [5.74, 6) is 4.07. The predicted octanol–water partition coefficient (Wildman–Crippen LogP) is 8.62. The van der Waals surface area contributed by atoms with Crippen LogP contribution in [-0.2, 0) is 9.53 Å².